The summed E-state index contributed by atoms with van der Waals surface area (Å²) in [5.74, 6) is -1.66. The third-order valence-corrected chi connectivity index (χ3v) is 1.07. The van der Waals surface area contributed by atoms with Crippen molar-refractivity contribution in [2.24, 2.45) is 0 Å². The van der Waals surface area contributed by atoms with Crippen molar-refractivity contribution >= 4 is 11.9 Å². The van der Waals surface area contributed by atoms with Crippen LogP contribution in [0.15, 0.2) is 0 Å². The Morgan fingerprint density at radius 1 is 1.46 bits per heavy atom. The fourth-order valence-corrected chi connectivity index (χ4v) is 0.636. The Bertz CT molecular complexity index is 178. The third-order valence-electron chi connectivity index (χ3n) is 1.07. The van der Waals surface area contributed by atoms with Gasteiger partial charge in [-0.3, -0.25) is 4.79 Å². The Hall–Kier alpha value is -1.14. The highest BCUT2D eigenvalue weighted by molar-refractivity contribution is 5.68. The van der Waals surface area contributed by atoms with E-state index in [1.54, 1.807) is 0 Å². The Labute approximate surface area is 75.1 Å². The van der Waals surface area contributed by atoms with E-state index in [2.05, 4.69) is 9.47 Å². The number of carboxylic acid groups (broad SMARTS) is 1. The summed E-state index contributed by atoms with van der Waals surface area (Å²) in [5.41, 5.74) is 0. The molecular formula is C7H12O6. The summed E-state index contributed by atoms with van der Waals surface area (Å²) in [4.78, 5) is 20.4. The summed E-state index contributed by atoms with van der Waals surface area (Å²) in [6.07, 6.45) is -0.795. The Morgan fingerprint density at radius 3 is 2.46 bits per heavy atom. The topological polar surface area (TPSA) is 93.1 Å². The number of carbonyl (C=O) groups is 2. The van der Waals surface area contributed by atoms with Gasteiger partial charge in [0, 0.05) is 6.92 Å². The first kappa shape index (κ1) is 11.9. The van der Waals surface area contributed by atoms with Gasteiger partial charge in [0.25, 0.3) is 0 Å². The molecule has 0 fully saturated rings. The van der Waals surface area contributed by atoms with Gasteiger partial charge in [-0.1, -0.05) is 0 Å². The summed E-state index contributed by atoms with van der Waals surface area (Å²) in [6.45, 7) is 0.208. The van der Waals surface area contributed by atoms with Gasteiger partial charge in [0.05, 0.1) is 13.2 Å². The van der Waals surface area contributed by atoms with Crippen LogP contribution in [0.2, 0.25) is 0 Å². The molecule has 0 aliphatic rings. The van der Waals surface area contributed by atoms with Crippen LogP contribution in [-0.4, -0.2) is 48.1 Å². The molecule has 0 radical (unpaired) electrons. The molecule has 13 heavy (non-hydrogen) atoms. The number of aliphatic hydroxyl groups excluding tert-OH is 1. The molecule has 0 heterocycles. The minimum absolute atomic E-state index is 0.123. The molecule has 0 aliphatic carbocycles. The predicted molar refractivity (Wildman–Crippen MR) is 41.1 cm³/mol. The maximum atomic E-state index is 10.4. The van der Waals surface area contributed by atoms with Gasteiger partial charge in [-0.25, -0.2) is 4.79 Å². The van der Waals surface area contributed by atoms with E-state index in [1.807, 2.05) is 0 Å². The Balaban J connectivity index is 3.59. The summed E-state index contributed by atoms with van der Waals surface area (Å²) < 4.78 is 9.19. The minimum atomic E-state index is -1.11. The Morgan fingerprint density at radius 2 is 2.08 bits per heavy atom. The smallest absolute Gasteiger partial charge is 0.329 e. The zero-order valence-corrected chi connectivity index (χ0v) is 7.23. The molecule has 1 atom stereocenters. The number of aliphatic hydroxyl groups is 1. The van der Waals surface area contributed by atoms with Crippen molar-refractivity contribution in [1.29, 1.82) is 0 Å². The zero-order chi connectivity index (χ0) is 10.3. The SMILES string of the molecule is CC(=O)OC(CO)COCC(=O)O. The molecule has 0 rings (SSSR count). The quantitative estimate of drug-likeness (QED) is 0.525. The van der Waals surface area contributed by atoms with Crippen molar-refractivity contribution in [1.82, 2.24) is 0 Å². The number of hydrogen-bond acceptors (Lipinski definition) is 5. The lowest BCUT2D eigenvalue weighted by molar-refractivity contribution is -0.154. The van der Waals surface area contributed by atoms with Crippen LogP contribution in [0.4, 0.5) is 0 Å². The normalized spacial score (nSPS) is 12.2. The highest BCUT2D eigenvalue weighted by Crippen LogP contribution is 1.93. The molecule has 0 spiro atoms. The molecule has 0 bridgehead atoms. The summed E-state index contributed by atoms with van der Waals surface area (Å²) >= 11 is 0. The standard InChI is InChI=1S/C7H12O6/c1-5(9)13-6(2-8)3-12-4-7(10)11/h6,8H,2-4H2,1H3,(H,10,11). The maximum Gasteiger partial charge on any atom is 0.329 e. The van der Waals surface area contributed by atoms with Crippen molar-refractivity contribution in [2.75, 3.05) is 19.8 Å². The van der Waals surface area contributed by atoms with Gasteiger partial charge in [-0.05, 0) is 0 Å². The van der Waals surface area contributed by atoms with E-state index in [0.29, 0.717) is 0 Å². The maximum absolute atomic E-state index is 10.4. The summed E-state index contributed by atoms with van der Waals surface area (Å²) in [6, 6.07) is 0. The number of aliphatic carboxylic acids is 1. The van der Waals surface area contributed by atoms with E-state index in [9.17, 15) is 9.59 Å². The molecule has 0 aromatic rings. The first-order chi connectivity index (χ1) is 6.06. The molecule has 76 valence electrons. The van der Waals surface area contributed by atoms with Crippen LogP contribution in [0.1, 0.15) is 6.92 Å². The number of carbonyl (C=O) groups excluding carboxylic acids is 1. The van der Waals surface area contributed by atoms with Crippen LogP contribution in [0.5, 0.6) is 0 Å². The van der Waals surface area contributed by atoms with E-state index >= 15 is 0 Å². The van der Waals surface area contributed by atoms with E-state index in [-0.39, 0.29) is 13.2 Å². The van der Waals surface area contributed by atoms with Crippen LogP contribution < -0.4 is 0 Å². The van der Waals surface area contributed by atoms with Crippen molar-refractivity contribution in [2.45, 2.75) is 13.0 Å². The van der Waals surface area contributed by atoms with Gasteiger partial charge in [0.1, 0.15) is 12.7 Å². The van der Waals surface area contributed by atoms with Gasteiger partial charge in [-0.15, -0.1) is 0 Å². The van der Waals surface area contributed by atoms with Crippen molar-refractivity contribution < 1.29 is 29.3 Å². The van der Waals surface area contributed by atoms with E-state index in [4.69, 9.17) is 10.2 Å². The molecule has 0 aromatic heterocycles. The second-order valence-corrected chi connectivity index (χ2v) is 2.32. The largest absolute Gasteiger partial charge is 0.480 e. The average molecular weight is 192 g/mol. The average Bonchev–Trinajstić information content (AvgIpc) is 2.01. The van der Waals surface area contributed by atoms with Gasteiger partial charge in [0.15, 0.2) is 0 Å². The minimum Gasteiger partial charge on any atom is -0.480 e. The number of rotatable bonds is 6. The van der Waals surface area contributed by atoms with Crippen LogP contribution in [0.3, 0.4) is 0 Å². The third kappa shape index (κ3) is 7.23. The monoisotopic (exact) mass is 192 g/mol. The lowest BCUT2D eigenvalue weighted by atomic mass is 10.4. The molecule has 0 aliphatic heterocycles. The number of esters is 1. The van der Waals surface area contributed by atoms with Gasteiger partial charge >= 0.3 is 11.9 Å². The lowest BCUT2D eigenvalue weighted by Gasteiger charge is -2.13. The predicted octanol–water partition coefficient (Wildman–Crippen LogP) is -0.988. The molecule has 0 saturated heterocycles. The first-order valence-corrected chi connectivity index (χ1v) is 3.64. The second-order valence-electron chi connectivity index (χ2n) is 2.32. The summed E-state index contributed by atoms with van der Waals surface area (Å²) in [5, 5.41) is 16.8. The van der Waals surface area contributed by atoms with Crippen molar-refractivity contribution in [3.63, 3.8) is 0 Å². The van der Waals surface area contributed by atoms with Gasteiger partial charge in [0.2, 0.25) is 0 Å². The molecule has 2 N–H and O–H groups in total. The fourth-order valence-electron chi connectivity index (χ4n) is 0.636. The number of carboxylic acids is 1. The summed E-state index contributed by atoms with van der Waals surface area (Å²) in [7, 11) is 0. The van der Waals surface area contributed by atoms with E-state index < -0.39 is 24.6 Å². The zero-order valence-electron chi connectivity index (χ0n) is 7.23. The highest BCUT2D eigenvalue weighted by atomic mass is 16.6. The van der Waals surface area contributed by atoms with Gasteiger partial charge in [-0.2, -0.15) is 0 Å². The molecule has 0 aromatic carbocycles. The Kier molecular flexibility index (Phi) is 5.82. The van der Waals surface area contributed by atoms with Crippen LogP contribution in [-0.2, 0) is 19.1 Å². The van der Waals surface area contributed by atoms with Crippen molar-refractivity contribution in [3.05, 3.63) is 0 Å². The van der Waals surface area contributed by atoms with Crippen LogP contribution >= 0.6 is 0 Å². The highest BCUT2D eigenvalue weighted by Gasteiger charge is 2.11. The second kappa shape index (κ2) is 6.38. The fraction of sp³-hybridized carbons (Fsp3) is 0.714. The first-order valence-electron chi connectivity index (χ1n) is 3.64. The molecule has 6 nitrogen and oxygen atoms in total. The van der Waals surface area contributed by atoms with E-state index in [0.717, 1.165) is 0 Å². The molecule has 1 unspecified atom stereocenters. The van der Waals surface area contributed by atoms with E-state index in [1.165, 1.54) is 6.92 Å². The molecular weight excluding hydrogens is 180 g/mol. The van der Waals surface area contributed by atoms with Crippen LogP contribution in [0, 0.1) is 0 Å². The molecule has 6 heteroatoms. The van der Waals surface area contributed by atoms with Crippen molar-refractivity contribution in [3.8, 4) is 0 Å². The van der Waals surface area contributed by atoms with Crippen LogP contribution in [0.25, 0.3) is 0 Å². The lowest BCUT2D eigenvalue weighted by Crippen LogP contribution is -2.27. The van der Waals surface area contributed by atoms with Gasteiger partial charge < -0.3 is 19.7 Å². The number of hydrogen-bond donors (Lipinski definition) is 2. The number of ether oxygens (including phenoxy) is 2. The molecule has 0 saturated carbocycles. The molecule has 0 amide bonds.